The molecule has 0 aliphatic carbocycles. The van der Waals surface area contributed by atoms with E-state index in [1.54, 1.807) is 18.2 Å². The fourth-order valence-corrected chi connectivity index (χ4v) is 3.15. The Morgan fingerprint density at radius 3 is 2.45 bits per heavy atom. The highest BCUT2D eigenvalue weighted by molar-refractivity contribution is 7.80. The summed E-state index contributed by atoms with van der Waals surface area (Å²) in [5, 5.41) is 10.9. The highest BCUT2D eigenvalue weighted by atomic mass is 32.1. The minimum atomic E-state index is -2.91. The third-order valence-corrected chi connectivity index (χ3v) is 4.63. The van der Waals surface area contributed by atoms with Gasteiger partial charge in [0.25, 0.3) is 0 Å². The predicted octanol–water partition coefficient (Wildman–Crippen LogP) is 5.27. The third-order valence-electron chi connectivity index (χ3n) is 4.42. The topological polar surface area (TPSA) is 51.1 Å². The fourth-order valence-electron chi connectivity index (χ4n) is 2.93. The SMILES string of the molecule is Cc1ccc(Cn2nc(C)c(NC(=S)Nc3ccccc3OC(F)F)c2C)cc1. The number of benzene rings is 2. The molecular formula is C21H22F2N4OS. The second-order valence-corrected chi connectivity index (χ2v) is 7.05. The van der Waals surface area contributed by atoms with Crippen LogP contribution in [0.5, 0.6) is 5.75 Å². The number of thiocarbonyl (C=S) groups is 1. The Morgan fingerprint density at radius 1 is 1.07 bits per heavy atom. The Bertz CT molecular complexity index is 1000. The highest BCUT2D eigenvalue weighted by Gasteiger charge is 2.15. The first-order chi connectivity index (χ1) is 13.8. The molecule has 0 saturated heterocycles. The van der Waals surface area contributed by atoms with E-state index in [9.17, 15) is 8.78 Å². The lowest BCUT2D eigenvalue weighted by Crippen LogP contribution is -2.20. The van der Waals surface area contributed by atoms with Gasteiger partial charge in [-0.1, -0.05) is 42.0 Å². The number of hydrogen-bond donors (Lipinski definition) is 2. The molecule has 0 unspecified atom stereocenters. The molecule has 1 aromatic heterocycles. The number of halogens is 2. The van der Waals surface area contributed by atoms with Crippen LogP contribution in [-0.2, 0) is 6.54 Å². The molecular weight excluding hydrogens is 394 g/mol. The van der Waals surface area contributed by atoms with Crippen molar-refractivity contribution in [2.24, 2.45) is 0 Å². The quantitative estimate of drug-likeness (QED) is 0.537. The average molecular weight is 416 g/mol. The van der Waals surface area contributed by atoms with E-state index in [0.29, 0.717) is 12.2 Å². The Balaban J connectivity index is 1.73. The van der Waals surface area contributed by atoms with Crippen LogP contribution in [0.15, 0.2) is 48.5 Å². The molecule has 0 amide bonds. The molecule has 0 fully saturated rings. The van der Waals surface area contributed by atoms with Crippen LogP contribution in [-0.4, -0.2) is 21.5 Å². The van der Waals surface area contributed by atoms with E-state index in [2.05, 4.69) is 44.7 Å². The Hall–Kier alpha value is -3.00. The summed E-state index contributed by atoms with van der Waals surface area (Å²) in [7, 11) is 0. The van der Waals surface area contributed by atoms with E-state index in [0.717, 1.165) is 22.6 Å². The molecule has 0 aliphatic heterocycles. The molecule has 0 spiro atoms. The molecule has 0 bridgehead atoms. The molecule has 2 aromatic carbocycles. The summed E-state index contributed by atoms with van der Waals surface area (Å²) in [4.78, 5) is 0. The van der Waals surface area contributed by atoms with E-state index in [1.165, 1.54) is 11.6 Å². The number of ether oxygens (including phenoxy) is 1. The fraction of sp³-hybridized carbons (Fsp3) is 0.238. The molecule has 0 saturated carbocycles. The maximum absolute atomic E-state index is 12.6. The second kappa shape index (κ2) is 9.00. The van der Waals surface area contributed by atoms with E-state index >= 15 is 0 Å². The molecule has 0 atom stereocenters. The Labute approximate surface area is 173 Å². The van der Waals surface area contributed by atoms with Gasteiger partial charge in [-0.15, -0.1) is 0 Å². The van der Waals surface area contributed by atoms with Gasteiger partial charge in [0, 0.05) is 0 Å². The summed E-state index contributed by atoms with van der Waals surface area (Å²) < 4.78 is 31.6. The van der Waals surface area contributed by atoms with Crippen molar-refractivity contribution >= 4 is 28.7 Å². The lowest BCUT2D eigenvalue weighted by Gasteiger charge is -2.14. The molecule has 3 aromatic rings. The van der Waals surface area contributed by atoms with Gasteiger partial charge in [-0.25, -0.2) is 0 Å². The highest BCUT2D eigenvalue weighted by Crippen LogP contribution is 2.26. The van der Waals surface area contributed by atoms with E-state index in [-0.39, 0.29) is 10.9 Å². The van der Waals surface area contributed by atoms with Gasteiger partial charge in [0.15, 0.2) is 5.11 Å². The normalized spacial score (nSPS) is 10.8. The van der Waals surface area contributed by atoms with Gasteiger partial charge in [-0.2, -0.15) is 13.9 Å². The van der Waals surface area contributed by atoms with Crippen molar-refractivity contribution in [3.8, 4) is 5.75 Å². The average Bonchev–Trinajstić information content (AvgIpc) is 2.92. The molecule has 5 nitrogen and oxygen atoms in total. The van der Waals surface area contributed by atoms with Crippen LogP contribution in [0.2, 0.25) is 0 Å². The third kappa shape index (κ3) is 5.29. The Morgan fingerprint density at radius 2 is 1.76 bits per heavy atom. The van der Waals surface area contributed by atoms with E-state index in [4.69, 9.17) is 12.2 Å². The zero-order valence-electron chi connectivity index (χ0n) is 16.4. The zero-order chi connectivity index (χ0) is 21.0. The number of hydrogen-bond acceptors (Lipinski definition) is 3. The van der Waals surface area contributed by atoms with Crippen molar-refractivity contribution in [3.05, 3.63) is 71.0 Å². The van der Waals surface area contributed by atoms with Gasteiger partial charge < -0.3 is 15.4 Å². The van der Waals surface area contributed by atoms with Crippen LogP contribution < -0.4 is 15.4 Å². The molecule has 0 radical (unpaired) electrons. The summed E-state index contributed by atoms with van der Waals surface area (Å²) in [6, 6.07) is 14.7. The molecule has 29 heavy (non-hydrogen) atoms. The number of alkyl halides is 2. The molecule has 2 N–H and O–H groups in total. The molecule has 0 aliphatic rings. The van der Waals surface area contributed by atoms with Crippen LogP contribution in [0.3, 0.4) is 0 Å². The maximum atomic E-state index is 12.6. The Kier molecular flexibility index (Phi) is 6.43. The van der Waals surface area contributed by atoms with Crippen LogP contribution in [0.1, 0.15) is 22.5 Å². The first-order valence-electron chi connectivity index (χ1n) is 9.05. The van der Waals surface area contributed by atoms with Gasteiger partial charge in [-0.3, -0.25) is 4.68 Å². The molecule has 3 rings (SSSR count). The first-order valence-corrected chi connectivity index (χ1v) is 9.45. The monoisotopic (exact) mass is 416 g/mol. The van der Waals surface area contributed by atoms with E-state index < -0.39 is 6.61 Å². The lowest BCUT2D eigenvalue weighted by molar-refractivity contribution is -0.0493. The number of anilines is 2. The first kappa shape index (κ1) is 20.7. The van der Waals surface area contributed by atoms with Gasteiger partial charge in [0.2, 0.25) is 0 Å². The van der Waals surface area contributed by atoms with E-state index in [1.807, 2.05) is 25.5 Å². The molecule has 8 heteroatoms. The van der Waals surface area contributed by atoms with Crippen molar-refractivity contribution in [2.45, 2.75) is 33.9 Å². The lowest BCUT2D eigenvalue weighted by atomic mass is 10.1. The minimum Gasteiger partial charge on any atom is -0.433 e. The largest absolute Gasteiger partial charge is 0.433 e. The second-order valence-electron chi connectivity index (χ2n) is 6.64. The smallest absolute Gasteiger partial charge is 0.387 e. The van der Waals surface area contributed by atoms with Crippen molar-refractivity contribution in [1.82, 2.24) is 9.78 Å². The number of rotatable bonds is 6. The van der Waals surface area contributed by atoms with Crippen LogP contribution >= 0.6 is 12.2 Å². The number of nitrogens with one attached hydrogen (secondary N) is 2. The summed E-state index contributed by atoms with van der Waals surface area (Å²) in [5.74, 6) is 0.0233. The minimum absolute atomic E-state index is 0.0233. The number of aryl methyl sites for hydroxylation is 2. The van der Waals surface area contributed by atoms with Gasteiger partial charge in [0.1, 0.15) is 5.75 Å². The van der Waals surface area contributed by atoms with Gasteiger partial charge in [0.05, 0.1) is 29.3 Å². The summed E-state index contributed by atoms with van der Waals surface area (Å²) >= 11 is 5.36. The summed E-state index contributed by atoms with van der Waals surface area (Å²) in [6.07, 6.45) is 0. The molecule has 1 heterocycles. The predicted molar refractivity (Wildman–Crippen MR) is 115 cm³/mol. The van der Waals surface area contributed by atoms with Crippen LogP contribution in [0.4, 0.5) is 20.2 Å². The van der Waals surface area contributed by atoms with Crippen LogP contribution in [0.25, 0.3) is 0 Å². The van der Waals surface area contributed by atoms with Crippen LogP contribution in [0, 0.1) is 20.8 Å². The van der Waals surface area contributed by atoms with Gasteiger partial charge in [-0.05, 0) is 50.7 Å². The maximum Gasteiger partial charge on any atom is 0.387 e. The number of para-hydroxylation sites is 2. The standard InChI is InChI=1S/C21H22F2N4OS/c1-13-8-10-16(11-9-13)12-27-15(3)19(14(2)26-27)25-21(29)24-17-6-4-5-7-18(17)28-20(22)23/h4-11,20H,12H2,1-3H3,(H2,24,25,29). The zero-order valence-corrected chi connectivity index (χ0v) is 17.2. The van der Waals surface area contributed by atoms with Crippen molar-refractivity contribution in [2.75, 3.05) is 10.6 Å². The van der Waals surface area contributed by atoms with Gasteiger partial charge >= 0.3 is 6.61 Å². The summed E-state index contributed by atoms with van der Waals surface area (Å²) in [6.45, 7) is 3.61. The number of aromatic nitrogens is 2. The molecule has 152 valence electrons. The van der Waals surface area contributed by atoms with Crippen molar-refractivity contribution < 1.29 is 13.5 Å². The van der Waals surface area contributed by atoms with Crippen molar-refractivity contribution in [3.63, 3.8) is 0 Å². The summed E-state index contributed by atoms with van der Waals surface area (Å²) in [5.41, 5.74) is 5.19. The van der Waals surface area contributed by atoms with Crippen molar-refractivity contribution in [1.29, 1.82) is 0 Å². The number of nitrogens with zero attached hydrogens (tertiary/aromatic N) is 2.